The van der Waals surface area contributed by atoms with E-state index in [0.29, 0.717) is 37.7 Å². The van der Waals surface area contributed by atoms with E-state index in [2.05, 4.69) is 31.2 Å². The summed E-state index contributed by atoms with van der Waals surface area (Å²) in [6.07, 6.45) is -8.81. The number of carboxylic acid groups (broad SMARTS) is 1. The standard InChI is InChI=1S/C26H25F3N6O3.C2HF3O2/c1-30-25(37)18-12-17(35-6-8-38-9-7-35)3-5-21(18)33-22-13-23(31-14-19(22)26(27,28)29)32-16-2-4-20-15(10-16)11-24(36)34-20;3-2(4,5)1(6)7/h2-5,10,12-14H,6-9,11H2,1H3,(H,30,37)(H,34,36)(H2,31,32,33);(H,6,7). The third-order valence-electron chi connectivity index (χ3n) is 6.58. The Morgan fingerprint density at radius 3 is 2.29 bits per heavy atom. The molecule has 0 unspecified atom stereocenters. The van der Waals surface area contributed by atoms with Gasteiger partial charge in [-0.3, -0.25) is 9.59 Å². The number of carboxylic acids is 1. The molecule has 17 heteroatoms. The minimum atomic E-state index is -5.08. The highest BCUT2D eigenvalue weighted by atomic mass is 19.4. The molecule has 3 heterocycles. The summed E-state index contributed by atoms with van der Waals surface area (Å²) in [5.41, 5.74) is 1.99. The van der Waals surface area contributed by atoms with Crippen molar-refractivity contribution in [1.29, 1.82) is 0 Å². The summed E-state index contributed by atoms with van der Waals surface area (Å²) in [5, 5.41) is 18.2. The molecule has 0 bridgehead atoms. The summed E-state index contributed by atoms with van der Waals surface area (Å²) in [5.74, 6) is -3.16. The molecule has 45 heavy (non-hydrogen) atoms. The summed E-state index contributed by atoms with van der Waals surface area (Å²) in [4.78, 5) is 39.2. The van der Waals surface area contributed by atoms with Crippen LogP contribution in [0.3, 0.4) is 0 Å². The number of rotatable bonds is 6. The van der Waals surface area contributed by atoms with Gasteiger partial charge in [-0.2, -0.15) is 26.3 Å². The second-order valence-electron chi connectivity index (χ2n) is 9.67. The second-order valence-corrected chi connectivity index (χ2v) is 9.67. The number of fused-ring (bicyclic) bond motifs is 1. The normalized spacial score (nSPS) is 14.5. The van der Waals surface area contributed by atoms with Crippen molar-refractivity contribution in [2.75, 3.05) is 54.2 Å². The molecule has 1 fully saturated rings. The predicted octanol–water partition coefficient (Wildman–Crippen LogP) is 4.91. The number of carbonyl (C=O) groups excluding carboxylic acids is 2. The molecule has 2 aliphatic rings. The molecule has 0 atom stereocenters. The highest BCUT2D eigenvalue weighted by Crippen LogP contribution is 2.38. The van der Waals surface area contributed by atoms with Crippen molar-refractivity contribution in [1.82, 2.24) is 10.3 Å². The molecule has 1 aromatic heterocycles. The lowest BCUT2D eigenvalue weighted by molar-refractivity contribution is -0.192. The first-order valence-corrected chi connectivity index (χ1v) is 13.2. The fourth-order valence-electron chi connectivity index (χ4n) is 4.44. The van der Waals surface area contributed by atoms with E-state index in [-0.39, 0.29) is 35.1 Å². The maximum atomic E-state index is 13.9. The van der Waals surface area contributed by atoms with Gasteiger partial charge in [0.15, 0.2) is 0 Å². The minimum Gasteiger partial charge on any atom is -0.475 e. The molecule has 5 N–H and O–H groups in total. The van der Waals surface area contributed by atoms with Gasteiger partial charge in [0.1, 0.15) is 5.82 Å². The van der Waals surface area contributed by atoms with Crippen LogP contribution >= 0.6 is 0 Å². The summed E-state index contributed by atoms with van der Waals surface area (Å²) < 4.78 is 78.8. The summed E-state index contributed by atoms with van der Waals surface area (Å²) in [6, 6.07) is 11.4. The minimum absolute atomic E-state index is 0.122. The molecule has 2 aliphatic heterocycles. The van der Waals surface area contributed by atoms with Gasteiger partial charge >= 0.3 is 18.3 Å². The van der Waals surface area contributed by atoms with Crippen molar-refractivity contribution >= 4 is 52.0 Å². The number of hydrogen-bond donors (Lipinski definition) is 5. The average molecular weight is 641 g/mol. The van der Waals surface area contributed by atoms with E-state index in [0.717, 1.165) is 17.4 Å². The number of aliphatic carboxylic acids is 1. The number of benzene rings is 2. The Hall–Kier alpha value is -5.06. The summed E-state index contributed by atoms with van der Waals surface area (Å²) >= 11 is 0. The molecule has 0 spiro atoms. The van der Waals surface area contributed by atoms with Crippen LogP contribution in [0, 0.1) is 0 Å². The Kier molecular flexibility index (Phi) is 9.70. The molecule has 0 radical (unpaired) electrons. The summed E-state index contributed by atoms with van der Waals surface area (Å²) in [7, 11) is 1.46. The molecular formula is C28H26F6N6O5. The average Bonchev–Trinajstić information content (AvgIpc) is 3.36. The van der Waals surface area contributed by atoms with Gasteiger partial charge in [0, 0.05) is 49.5 Å². The number of halogens is 6. The summed E-state index contributed by atoms with van der Waals surface area (Å²) in [6.45, 7) is 2.39. The number of aromatic nitrogens is 1. The Balaban J connectivity index is 0.000000591. The van der Waals surface area contributed by atoms with Gasteiger partial charge in [-0.05, 0) is 42.0 Å². The number of carbonyl (C=O) groups is 3. The molecular weight excluding hydrogens is 614 g/mol. The lowest BCUT2D eigenvalue weighted by Crippen LogP contribution is -2.36. The van der Waals surface area contributed by atoms with Crippen LogP contribution in [0.15, 0.2) is 48.7 Å². The molecule has 2 aromatic carbocycles. The number of hydrogen-bond acceptors (Lipinski definition) is 8. The molecule has 5 rings (SSSR count). The van der Waals surface area contributed by atoms with E-state index in [1.807, 2.05) is 0 Å². The lowest BCUT2D eigenvalue weighted by atomic mass is 10.1. The first kappa shape index (κ1) is 32.8. The largest absolute Gasteiger partial charge is 0.490 e. The molecule has 11 nitrogen and oxygen atoms in total. The van der Waals surface area contributed by atoms with Crippen molar-refractivity contribution < 1.29 is 50.6 Å². The lowest BCUT2D eigenvalue weighted by Gasteiger charge is -2.29. The molecule has 2 amide bonds. The highest BCUT2D eigenvalue weighted by molar-refractivity contribution is 6.01. The number of nitrogens with zero attached hydrogens (tertiary/aromatic N) is 2. The number of ether oxygens (including phenoxy) is 1. The van der Waals surface area contributed by atoms with Crippen molar-refractivity contribution in [3.63, 3.8) is 0 Å². The molecule has 1 saturated heterocycles. The van der Waals surface area contributed by atoms with E-state index in [1.165, 1.54) is 13.1 Å². The van der Waals surface area contributed by atoms with Crippen LogP contribution in [0.2, 0.25) is 0 Å². The molecule has 0 aliphatic carbocycles. The Labute approximate surface area is 251 Å². The van der Waals surface area contributed by atoms with Gasteiger partial charge in [-0.15, -0.1) is 0 Å². The van der Waals surface area contributed by atoms with Crippen LogP contribution in [0.25, 0.3) is 0 Å². The SMILES string of the molecule is CNC(=O)c1cc(N2CCOCC2)ccc1Nc1cc(Nc2ccc3c(c2)CC(=O)N3)ncc1C(F)(F)F.O=C(O)C(F)(F)F. The van der Waals surface area contributed by atoms with Crippen molar-refractivity contribution in [3.05, 3.63) is 65.4 Å². The van der Waals surface area contributed by atoms with Gasteiger partial charge in [0.25, 0.3) is 5.91 Å². The number of pyridine rings is 1. The van der Waals surface area contributed by atoms with Crippen LogP contribution in [-0.2, 0) is 26.9 Å². The number of alkyl halides is 6. The molecule has 3 aromatic rings. The first-order valence-electron chi connectivity index (χ1n) is 13.2. The van der Waals surface area contributed by atoms with Crippen molar-refractivity contribution in [3.8, 4) is 0 Å². The van der Waals surface area contributed by atoms with Crippen LogP contribution in [-0.4, -0.2) is 67.4 Å². The Bertz CT molecular complexity index is 1590. The Morgan fingerprint density at radius 2 is 1.67 bits per heavy atom. The quantitative estimate of drug-likeness (QED) is 0.237. The number of nitrogens with one attached hydrogen (secondary N) is 4. The number of morpholine rings is 1. The van der Waals surface area contributed by atoms with Gasteiger partial charge in [-0.25, -0.2) is 9.78 Å². The van der Waals surface area contributed by atoms with Crippen molar-refractivity contribution in [2.24, 2.45) is 0 Å². The maximum absolute atomic E-state index is 13.9. The van der Waals surface area contributed by atoms with Crippen molar-refractivity contribution in [2.45, 2.75) is 18.8 Å². The van der Waals surface area contributed by atoms with Gasteiger partial charge in [-0.1, -0.05) is 0 Å². The predicted molar refractivity (Wildman–Crippen MR) is 151 cm³/mol. The number of amides is 2. The first-order chi connectivity index (χ1) is 21.2. The van der Waals surface area contributed by atoms with Gasteiger partial charge < -0.3 is 36.0 Å². The third-order valence-corrected chi connectivity index (χ3v) is 6.58. The van der Waals surface area contributed by atoms with E-state index in [1.54, 1.807) is 36.4 Å². The van der Waals surface area contributed by atoms with E-state index < -0.39 is 29.8 Å². The van der Waals surface area contributed by atoms with Gasteiger partial charge in [0.05, 0.1) is 42.1 Å². The Morgan fingerprint density at radius 1 is 0.978 bits per heavy atom. The zero-order valence-corrected chi connectivity index (χ0v) is 23.4. The molecule has 240 valence electrons. The third kappa shape index (κ3) is 8.31. The van der Waals surface area contributed by atoms with E-state index in [4.69, 9.17) is 14.6 Å². The topological polar surface area (TPSA) is 145 Å². The smallest absolute Gasteiger partial charge is 0.475 e. The fraction of sp³-hybridized carbons (Fsp3) is 0.286. The maximum Gasteiger partial charge on any atom is 0.490 e. The van der Waals surface area contributed by atoms with Crippen LogP contribution < -0.4 is 26.2 Å². The number of anilines is 6. The van der Waals surface area contributed by atoms with Crippen LogP contribution in [0.4, 0.5) is 60.6 Å². The van der Waals surface area contributed by atoms with Crippen LogP contribution in [0.1, 0.15) is 21.5 Å². The zero-order valence-electron chi connectivity index (χ0n) is 23.4. The van der Waals surface area contributed by atoms with Crippen LogP contribution in [0.5, 0.6) is 0 Å². The second kappa shape index (κ2) is 13.3. The zero-order chi connectivity index (χ0) is 32.9. The van der Waals surface area contributed by atoms with E-state index in [9.17, 15) is 35.9 Å². The monoisotopic (exact) mass is 640 g/mol. The fourth-order valence-corrected chi connectivity index (χ4v) is 4.44. The van der Waals surface area contributed by atoms with Gasteiger partial charge in [0.2, 0.25) is 5.91 Å². The molecule has 0 saturated carbocycles. The highest BCUT2D eigenvalue weighted by Gasteiger charge is 2.38. The van der Waals surface area contributed by atoms with E-state index >= 15 is 0 Å².